The summed E-state index contributed by atoms with van der Waals surface area (Å²) < 4.78 is 122. The SMILES string of the molecule is CO[C@H]1O[C@H](COS(=O)(=O)[O-])[C@@H](OC)[C@H](OS(=O)(=O)[O-])[C@H]1NS(=O)(=O)[O-].[Na+].[Na+].[Na+]. The molecule has 21 heteroatoms. The Morgan fingerprint density at radius 2 is 1.38 bits per heavy atom. The van der Waals surface area contributed by atoms with Gasteiger partial charge in [0.15, 0.2) is 16.6 Å². The molecule has 0 aliphatic carbocycles. The zero-order chi connectivity index (χ0) is 20.3. The van der Waals surface area contributed by atoms with Gasteiger partial charge in [-0.1, -0.05) is 0 Å². The Bertz CT molecular complexity index is 789. The maximum absolute atomic E-state index is 11.0. The smallest absolute Gasteiger partial charge is 0.735 e. The monoisotopic (exact) mass is 513 g/mol. The molecule has 0 saturated carbocycles. The zero-order valence-electron chi connectivity index (χ0n) is 16.0. The van der Waals surface area contributed by atoms with Crippen LogP contribution in [0.25, 0.3) is 0 Å². The summed E-state index contributed by atoms with van der Waals surface area (Å²) in [4.78, 5) is 0. The Kier molecular flexibility index (Phi) is 18.3. The predicted octanol–water partition coefficient (Wildman–Crippen LogP) is -12.9. The standard InChI is InChI=1S/C8H17NO14S3.3Na/c1-19-6-4(3-21-25(13,14)15)22-8(20-2)5(9-24(10,11)12)7(6)23-26(16,17)18;;;/h4-9H,3H2,1-2H3,(H,10,11,12)(H,13,14,15)(H,16,17,18);;;/q;3*+1/p-3/t4-,5-,6-,7-,8+;;;/m1.../s1. The fourth-order valence-corrected chi connectivity index (χ4v) is 3.60. The van der Waals surface area contributed by atoms with Crippen molar-refractivity contribution in [3.8, 4) is 0 Å². The average molecular weight is 513 g/mol. The van der Waals surface area contributed by atoms with Crippen molar-refractivity contribution in [3.05, 3.63) is 0 Å². The largest absolute Gasteiger partial charge is 1.00 e. The topological polar surface area (TPSA) is 230 Å². The van der Waals surface area contributed by atoms with Gasteiger partial charge in [0.1, 0.15) is 24.4 Å². The Morgan fingerprint density at radius 3 is 1.72 bits per heavy atom. The van der Waals surface area contributed by atoms with Crippen molar-refractivity contribution in [2.75, 3.05) is 20.8 Å². The minimum atomic E-state index is -5.45. The summed E-state index contributed by atoms with van der Waals surface area (Å²) in [5, 5.41) is 0. The third kappa shape index (κ3) is 13.7. The summed E-state index contributed by atoms with van der Waals surface area (Å²) in [7, 11) is -14.0. The van der Waals surface area contributed by atoms with E-state index in [0.717, 1.165) is 14.2 Å². The van der Waals surface area contributed by atoms with Gasteiger partial charge in [-0.05, 0) is 0 Å². The second kappa shape index (κ2) is 14.7. The normalized spacial score (nSPS) is 27.8. The molecular weight excluding hydrogens is 499 g/mol. The molecule has 1 heterocycles. The van der Waals surface area contributed by atoms with Gasteiger partial charge in [-0.2, -0.15) is 0 Å². The first kappa shape index (κ1) is 36.1. The molecule has 0 bridgehead atoms. The van der Waals surface area contributed by atoms with Crippen LogP contribution in [0.15, 0.2) is 0 Å². The van der Waals surface area contributed by atoms with Gasteiger partial charge in [-0.25, -0.2) is 30.0 Å². The fourth-order valence-electron chi connectivity index (χ4n) is 2.22. The average Bonchev–Trinajstić information content (AvgIpc) is 2.43. The summed E-state index contributed by atoms with van der Waals surface area (Å²) in [6, 6.07) is -1.88. The first-order chi connectivity index (χ1) is 11.7. The molecule has 15 nitrogen and oxygen atoms in total. The summed E-state index contributed by atoms with van der Waals surface area (Å²) in [5.74, 6) is 0. The minimum absolute atomic E-state index is 0. The van der Waals surface area contributed by atoms with E-state index in [-0.39, 0.29) is 88.7 Å². The second-order valence-corrected chi connectivity index (χ2v) is 7.94. The van der Waals surface area contributed by atoms with E-state index in [0.29, 0.717) is 0 Å². The summed E-state index contributed by atoms with van der Waals surface area (Å²) in [6.45, 7) is -1.01. The summed E-state index contributed by atoms with van der Waals surface area (Å²) >= 11 is 0. The van der Waals surface area contributed by atoms with Gasteiger partial charge < -0.3 is 27.9 Å². The quantitative estimate of drug-likeness (QED) is 0.171. The van der Waals surface area contributed by atoms with Gasteiger partial charge >= 0.3 is 88.7 Å². The van der Waals surface area contributed by atoms with Crippen LogP contribution in [-0.4, -0.2) is 90.4 Å². The van der Waals surface area contributed by atoms with E-state index in [1.807, 2.05) is 0 Å². The van der Waals surface area contributed by atoms with E-state index in [9.17, 15) is 38.9 Å². The van der Waals surface area contributed by atoms with Gasteiger partial charge in [0, 0.05) is 14.2 Å². The molecule has 0 spiro atoms. The molecule has 1 fully saturated rings. The van der Waals surface area contributed by atoms with E-state index in [2.05, 4.69) is 8.37 Å². The molecule has 0 aromatic carbocycles. The van der Waals surface area contributed by atoms with E-state index < -0.39 is 68.4 Å². The number of rotatable bonds is 9. The van der Waals surface area contributed by atoms with Crippen molar-refractivity contribution >= 4 is 31.1 Å². The van der Waals surface area contributed by atoms with Crippen LogP contribution < -0.4 is 93.4 Å². The van der Waals surface area contributed by atoms with Crippen LogP contribution in [0.3, 0.4) is 0 Å². The molecule has 0 amide bonds. The maximum Gasteiger partial charge on any atom is 1.00 e. The predicted molar refractivity (Wildman–Crippen MR) is 73.3 cm³/mol. The summed E-state index contributed by atoms with van der Waals surface area (Å²) in [5.41, 5.74) is 0. The fraction of sp³-hybridized carbons (Fsp3) is 1.00. The molecule has 1 aliphatic rings. The van der Waals surface area contributed by atoms with Gasteiger partial charge in [-0.3, -0.25) is 8.37 Å². The van der Waals surface area contributed by atoms with E-state index in [1.165, 1.54) is 4.72 Å². The molecule has 1 saturated heterocycles. The van der Waals surface area contributed by atoms with Crippen LogP contribution in [0.5, 0.6) is 0 Å². The van der Waals surface area contributed by atoms with Crippen molar-refractivity contribution in [1.82, 2.24) is 4.72 Å². The van der Waals surface area contributed by atoms with Gasteiger partial charge in [0.25, 0.3) is 0 Å². The third-order valence-electron chi connectivity index (χ3n) is 3.04. The van der Waals surface area contributed by atoms with Crippen LogP contribution in [0.2, 0.25) is 0 Å². The molecular formula is C8H14NNa3O14S3. The first-order valence-corrected chi connectivity index (χ1v) is 10.4. The number of ether oxygens (including phenoxy) is 3. The Morgan fingerprint density at radius 1 is 0.862 bits per heavy atom. The maximum atomic E-state index is 11.0. The Balaban J connectivity index is -0.00000225. The first-order valence-electron chi connectivity index (χ1n) is 6.35. The van der Waals surface area contributed by atoms with Crippen molar-refractivity contribution < 1.29 is 150 Å². The van der Waals surface area contributed by atoms with E-state index >= 15 is 0 Å². The molecule has 0 aromatic rings. The van der Waals surface area contributed by atoms with Gasteiger partial charge in [-0.15, -0.1) is 0 Å². The van der Waals surface area contributed by atoms with Crippen LogP contribution in [0.1, 0.15) is 0 Å². The molecule has 1 N–H and O–H groups in total. The van der Waals surface area contributed by atoms with Crippen molar-refractivity contribution in [1.29, 1.82) is 0 Å². The molecule has 156 valence electrons. The third-order valence-corrected chi connectivity index (χ3v) is 4.48. The molecule has 29 heavy (non-hydrogen) atoms. The van der Waals surface area contributed by atoms with Crippen LogP contribution in [-0.2, 0) is 53.7 Å². The Labute approximate surface area is 234 Å². The van der Waals surface area contributed by atoms with Crippen LogP contribution in [0, 0.1) is 0 Å². The van der Waals surface area contributed by atoms with Gasteiger partial charge in [0.05, 0.1) is 6.61 Å². The second-order valence-electron chi connectivity index (χ2n) is 4.74. The van der Waals surface area contributed by atoms with Crippen LogP contribution >= 0.6 is 0 Å². The van der Waals surface area contributed by atoms with Crippen molar-refractivity contribution in [2.24, 2.45) is 0 Å². The molecule has 0 radical (unpaired) electrons. The summed E-state index contributed by atoms with van der Waals surface area (Å²) in [6.07, 6.45) is -6.98. The molecule has 0 aromatic heterocycles. The Hall–Kier alpha value is 2.49. The number of hydrogen-bond acceptors (Lipinski definition) is 14. The minimum Gasteiger partial charge on any atom is -0.735 e. The van der Waals surface area contributed by atoms with E-state index in [4.69, 9.17) is 14.2 Å². The van der Waals surface area contributed by atoms with Gasteiger partial charge in [0.2, 0.25) is 20.8 Å². The zero-order valence-corrected chi connectivity index (χ0v) is 24.5. The van der Waals surface area contributed by atoms with Crippen molar-refractivity contribution in [3.63, 3.8) is 0 Å². The van der Waals surface area contributed by atoms with E-state index in [1.54, 1.807) is 0 Å². The number of hydrogen-bond donors (Lipinski definition) is 1. The molecule has 5 atom stereocenters. The molecule has 1 aliphatic heterocycles. The van der Waals surface area contributed by atoms with Crippen molar-refractivity contribution in [2.45, 2.75) is 30.6 Å². The molecule has 1 rings (SSSR count). The number of methoxy groups -OCH3 is 2. The van der Waals surface area contributed by atoms with Crippen LogP contribution in [0.4, 0.5) is 0 Å². The molecule has 0 unspecified atom stereocenters. The number of nitrogens with one attached hydrogen (secondary N) is 1.